The lowest BCUT2D eigenvalue weighted by molar-refractivity contribution is 0.287. The van der Waals surface area contributed by atoms with E-state index in [-0.39, 0.29) is 6.04 Å². The zero-order valence-corrected chi connectivity index (χ0v) is 17.4. The monoisotopic (exact) mass is 413 g/mol. The number of para-hydroxylation sites is 1. The first-order valence-corrected chi connectivity index (χ1v) is 10.4. The maximum Gasteiger partial charge on any atom is 0.138 e. The van der Waals surface area contributed by atoms with Crippen LogP contribution in [0.2, 0.25) is 0 Å². The summed E-state index contributed by atoms with van der Waals surface area (Å²) >= 11 is 0. The topological polar surface area (TPSA) is 103 Å². The van der Waals surface area contributed by atoms with Crippen molar-refractivity contribution in [2.75, 3.05) is 13.2 Å². The first-order valence-electron chi connectivity index (χ1n) is 10.4. The number of aromatic nitrogens is 3. The highest BCUT2D eigenvalue weighted by atomic mass is 16.5. The highest BCUT2D eigenvalue weighted by molar-refractivity contribution is 5.83. The van der Waals surface area contributed by atoms with Crippen LogP contribution in [0.5, 0.6) is 5.75 Å². The van der Waals surface area contributed by atoms with Crippen LogP contribution < -0.4 is 16.2 Å². The van der Waals surface area contributed by atoms with Crippen LogP contribution in [0.15, 0.2) is 67.3 Å². The molecule has 6 heteroatoms. The third kappa shape index (κ3) is 5.57. The first-order chi connectivity index (χ1) is 15.2. The quantitative estimate of drug-likeness (QED) is 0.389. The fraction of sp³-hybridized carbons (Fsp3) is 0.200. The molecule has 0 radical (unpaired) electrons. The molecule has 0 fully saturated rings. The molecule has 5 N–H and O–H groups in total. The number of ether oxygens (including phenoxy) is 1. The molecule has 0 aliphatic carbocycles. The summed E-state index contributed by atoms with van der Waals surface area (Å²) in [4.78, 5) is 11.9. The fourth-order valence-electron chi connectivity index (χ4n) is 3.53. The Balaban J connectivity index is 1.35. The summed E-state index contributed by atoms with van der Waals surface area (Å²) in [6.07, 6.45) is 12.9. The Hall–Kier alpha value is -3.48. The molecule has 158 valence electrons. The highest BCUT2D eigenvalue weighted by Gasteiger charge is 2.10. The largest absolute Gasteiger partial charge is 0.490 e. The van der Waals surface area contributed by atoms with E-state index < -0.39 is 0 Å². The van der Waals surface area contributed by atoms with E-state index in [1.807, 2.05) is 48.7 Å². The maximum absolute atomic E-state index is 6.33. The van der Waals surface area contributed by atoms with Crippen LogP contribution in [0.1, 0.15) is 22.4 Å². The Morgan fingerprint density at radius 2 is 1.94 bits per heavy atom. The number of H-pyrrole nitrogens is 1. The third-order valence-corrected chi connectivity index (χ3v) is 5.06. The number of hydrogen-bond donors (Lipinski definition) is 3. The second-order valence-electron chi connectivity index (χ2n) is 7.54. The average molecular weight is 414 g/mol. The van der Waals surface area contributed by atoms with Crippen LogP contribution in [-0.4, -0.2) is 34.1 Å². The molecule has 0 unspecified atom stereocenters. The molecular weight excluding hydrogens is 386 g/mol. The van der Waals surface area contributed by atoms with Gasteiger partial charge in [0.2, 0.25) is 0 Å². The number of nitrogens with one attached hydrogen (secondary N) is 1. The van der Waals surface area contributed by atoms with Crippen molar-refractivity contribution in [3.05, 3.63) is 89.6 Å². The highest BCUT2D eigenvalue weighted by Crippen LogP contribution is 2.19. The lowest BCUT2D eigenvalue weighted by atomic mass is 10.1. The van der Waals surface area contributed by atoms with E-state index in [2.05, 4.69) is 27.1 Å². The standard InChI is InChI=1S/C25H27N5O/c26-9-7-22-11-18(8-10-29-22)5-6-19-12-23(16-28-14-19)31-17-21(27)13-20-15-30-25-4-2-1-3-24(20)25/h1-6,8,10-12,14-16,21,30H,7,9,13,17,26-27H2/t21-/m0/s1. The van der Waals surface area contributed by atoms with Gasteiger partial charge in [-0.3, -0.25) is 9.97 Å². The Kier molecular flexibility index (Phi) is 6.72. The van der Waals surface area contributed by atoms with Gasteiger partial charge in [-0.25, -0.2) is 0 Å². The van der Waals surface area contributed by atoms with Gasteiger partial charge in [-0.1, -0.05) is 30.4 Å². The average Bonchev–Trinajstić information content (AvgIpc) is 3.20. The number of hydrogen-bond acceptors (Lipinski definition) is 5. The van der Waals surface area contributed by atoms with Crippen LogP contribution >= 0.6 is 0 Å². The molecule has 0 aliphatic rings. The molecule has 1 aromatic carbocycles. The predicted octanol–water partition coefficient (Wildman–Crippen LogP) is 3.58. The van der Waals surface area contributed by atoms with E-state index in [1.165, 1.54) is 10.9 Å². The molecule has 3 aromatic heterocycles. The molecule has 0 bridgehead atoms. The van der Waals surface area contributed by atoms with Gasteiger partial charge in [0.05, 0.1) is 6.20 Å². The minimum absolute atomic E-state index is 0.115. The summed E-state index contributed by atoms with van der Waals surface area (Å²) in [6, 6.07) is 14.1. The summed E-state index contributed by atoms with van der Waals surface area (Å²) in [7, 11) is 0. The van der Waals surface area contributed by atoms with Crippen LogP contribution in [0.4, 0.5) is 0 Å². The molecule has 0 saturated heterocycles. The van der Waals surface area contributed by atoms with Crippen LogP contribution in [0, 0.1) is 0 Å². The van der Waals surface area contributed by atoms with Crippen LogP contribution in [0.25, 0.3) is 23.1 Å². The van der Waals surface area contributed by atoms with Crippen molar-refractivity contribution in [1.29, 1.82) is 0 Å². The summed E-state index contributed by atoms with van der Waals surface area (Å²) < 4.78 is 5.92. The van der Waals surface area contributed by atoms with Crippen molar-refractivity contribution in [3.8, 4) is 5.75 Å². The molecule has 0 saturated carbocycles. The van der Waals surface area contributed by atoms with Crippen molar-refractivity contribution in [3.63, 3.8) is 0 Å². The van der Waals surface area contributed by atoms with Crippen LogP contribution in [0.3, 0.4) is 0 Å². The maximum atomic E-state index is 6.33. The van der Waals surface area contributed by atoms with Gasteiger partial charge >= 0.3 is 0 Å². The van der Waals surface area contributed by atoms with E-state index in [1.54, 1.807) is 18.6 Å². The van der Waals surface area contributed by atoms with E-state index in [9.17, 15) is 0 Å². The predicted molar refractivity (Wildman–Crippen MR) is 126 cm³/mol. The number of fused-ring (bicyclic) bond motifs is 1. The smallest absolute Gasteiger partial charge is 0.138 e. The van der Waals surface area contributed by atoms with Crippen LogP contribution in [-0.2, 0) is 12.8 Å². The summed E-state index contributed by atoms with van der Waals surface area (Å²) in [6.45, 7) is 1.01. The van der Waals surface area contributed by atoms with Gasteiger partial charge < -0.3 is 21.2 Å². The van der Waals surface area contributed by atoms with Crippen molar-refractivity contribution >= 4 is 23.1 Å². The molecule has 0 aliphatic heterocycles. The van der Waals surface area contributed by atoms with Crippen molar-refractivity contribution in [2.45, 2.75) is 18.9 Å². The second kappa shape index (κ2) is 10.0. The minimum atomic E-state index is -0.115. The Bertz CT molecular complexity index is 1170. The summed E-state index contributed by atoms with van der Waals surface area (Å²) in [5, 5.41) is 1.21. The number of pyridine rings is 2. The lowest BCUT2D eigenvalue weighted by Crippen LogP contribution is -2.30. The lowest BCUT2D eigenvalue weighted by Gasteiger charge is -2.13. The van der Waals surface area contributed by atoms with E-state index in [0.717, 1.165) is 35.2 Å². The molecule has 0 spiro atoms. The van der Waals surface area contributed by atoms with E-state index in [0.29, 0.717) is 18.9 Å². The van der Waals surface area contributed by atoms with E-state index in [4.69, 9.17) is 16.2 Å². The molecular formula is C25H27N5O. The molecule has 4 aromatic rings. The zero-order chi connectivity index (χ0) is 21.5. The normalized spacial score (nSPS) is 12.5. The summed E-state index contributed by atoms with van der Waals surface area (Å²) in [5.74, 6) is 0.704. The SMILES string of the molecule is NCCc1cc(C=Cc2cncc(OC[C@@H](N)Cc3c[nH]c4ccccc34)c2)ccn1. The molecule has 4 rings (SSSR count). The van der Waals surface area contributed by atoms with Gasteiger partial charge in [-0.05, 0) is 53.9 Å². The van der Waals surface area contributed by atoms with E-state index >= 15 is 0 Å². The zero-order valence-electron chi connectivity index (χ0n) is 17.4. The molecule has 31 heavy (non-hydrogen) atoms. The Morgan fingerprint density at radius 1 is 1.06 bits per heavy atom. The third-order valence-electron chi connectivity index (χ3n) is 5.06. The Labute approximate surface area is 182 Å². The van der Waals surface area contributed by atoms with Gasteiger partial charge in [0.1, 0.15) is 12.4 Å². The van der Waals surface area contributed by atoms with Gasteiger partial charge in [0.25, 0.3) is 0 Å². The Morgan fingerprint density at radius 3 is 2.84 bits per heavy atom. The van der Waals surface area contributed by atoms with Gasteiger partial charge in [-0.15, -0.1) is 0 Å². The molecule has 3 heterocycles. The van der Waals surface area contributed by atoms with Crippen molar-refractivity contribution in [1.82, 2.24) is 15.0 Å². The van der Waals surface area contributed by atoms with Crippen molar-refractivity contribution < 1.29 is 4.74 Å². The number of rotatable bonds is 9. The molecule has 6 nitrogen and oxygen atoms in total. The van der Waals surface area contributed by atoms with Gasteiger partial charge in [0, 0.05) is 47.7 Å². The second-order valence-corrected chi connectivity index (χ2v) is 7.54. The van der Waals surface area contributed by atoms with Gasteiger partial charge in [-0.2, -0.15) is 0 Å². The molecule has 1 atom stereocenters. The first kappa shape index (κ1) is 20.8. The van der Waals surface area contributed by atoms with Crippen molar-refractivity contribution in [2.24, 2.45) is 11.5 Å². The minimum Gasteiger partial charge on any atom is -0.490 e. The molecule has 0 amide bonds. The number of aromatic amines is 1. The fourth-order valence-corrected chi connectivity index (χ4v) is 3.53. The number of nitrogens with two attached hydrogens (primary N) is 2. The number of nitrogens with zero attached hydrogens (tertiary/aromatic N) is 2. The van der Waals surface area contributed by atoms with Gasteiger partial charge in [0.15, 0.2) is 0 Å². The number of benzene rings is 1. The summed E-state index contributed by atoms with van der Waals surface area (Å²) in [5.41, 5.74) is 17.3.